The van der Waals surface area contributed by atoms with E-state index in [4.69, 9.17) is 9.47 Å². The zero-order valence-corrected chi connectivity index (χ0v) is 15.2. The number of Topliss-reactive ketones (excluding diaryl/α,β-unsaturated/α-hetero) is 1. The molecule has 0 aromatic rings. The van der Waals surface area contributed by atoms with Gasteiger partial charge in [-0.25, -0.2) is 13.6 Å². The van der Waals surface area contributed by atoms with Crippen molar-refractivity contribution in [2.24, 2.45) is 5.92 Å². The Morgan fingerprint density at radius 2 is 1.96 bits per heavy atom. The lowest BCUT2D eigenvalue weighted by Crippen LogP contribution is -2.52. The third kappa shape index (κ3) is 5.36. The van der Waals surface area contributed by atoms with Gasteiger partial charge in [0.15, 0.2) is 0 Å². The maximum absolute atomic E-state index is 13.4. The molecule has 2 rings (SSSR count). The van der Waals surface area contributed by atoms with Gasteiger partial charge in [0, 0.05) is 38.0 Å². The van der Waals surface area contributed by atoms with Crippen molar-refractivity contribution >= 4 is 17.8 Å². The second kappa shape index (κ2) is 8.75. The number of esters is 1. The second-order valence-corrected chi connectivity index (χ2v) is 6.83. The van der Waals surface area contributed by atoms with Crippen LogP contribution >= 0.6 is 0 Å². The summed E-state index contributed by atoms with van der Waals surface area (Å²) in [5, 5.41) is 0. The Morgan fingerprint density at radius 1 is 1.23 bits per heavy atom. The van der Waals surface area contributed by atoms with Crippen LogP contribution in [0.4, 0.5) is 13.6 Å². The van der Waals surface area contributed by atoms with Crippen LogP contribution in [0, 0.1) is 5.92 Å². The lowest BCUT2D eigenvalue weighted by molar-refractivity contribution is -0.146. The van der Waals surface area contributed by atoms with E-state index in [0.717, 1.165) is 0 Å². The standard InChI is InChI=1S/C17H26F2N2O5/c1-3-26-15(23)9-14(22)12-4-6-21(16(24)25-2)13(8-12)10-20-7-5-17(18,19)11-20/h12-13H,3-11H2,1-2H3/t12-,13+/m0/s1. The number of hydrogen-bond donors (Lipinski definition) is 0. The van der Waals surface area contributed by atoms with Crippen molar-refractivity contribution in [1.29, 1.82) is 0 Å². The summed E-state index contributed by atoms with van der Waals surface area (Å²) in [6.45, 7) is 2.33. The third-order valence-electron chi connectivity index (χ3n) is 4.92. The molecule has 2 heterocycles. The summed E-state index contributed by atoms with van der Waals surface area (Å²) in [6, 6.07) is -0.402. The van der Waals surface area contributed by atoms with Crippen molar-refractivity contribution < 1.29 is 32.6 Å². The first-order chi connectivity index (χ1) is 12.3. The number of carbonyl (C=O) groups excluding carboxylic acids is 3. The smallest absolute Gasteiger partial charge is 0.409 e. The molecule has 0 aliphatic carbocycles. The number of ether oxygens (including phenoxy) is 2. The molecule has 26 heavy (non-hydrogen) atoms. The molecule has 7 nitrogen and oxygen atoms in total. The molecule has 2 aliphatic heterocycles. The molecule has 0 bridgehead atoms. The van der Waals surface area contributed by atoms with Gasteiger partial charge in [-0.1, -0.05) is 0 Å². The number of amides is 1. The quantitative estimate of drug-likeness (QED) is 0.519. The van der Waals surface area contributed by atoms with E-state index in [1.807, 2.05) is 0 Å². The second-order valence-electron chi connectivity index (χ2n) is 6.83. The summed E-state index contributed by atoms with van der Waals surface area (Å²) in [5.74, 6) is -3.91. The summed E-state index contributed by atoms with van der Waals surface area (Å²) >= 11 is 0. The first kappa shape index (κ1) is 20.5. The molecule has 0 spiro atoms. The van der Waals surface area contributed by atoms with E-state index in [0.29, 0.717) is 19.4 Å². The largest absolute Gasteiger partial charge is 0.466 e. The first-order valence-electron chi connectivity index (χ1n) is 8.89. The molecule has 2 aliphatic rings. The number of carbonyl (C=O) groups is 3. The van der Waals surface area contributed by atoms with Crippen LogP contribution in [0.25, 0.3) is 0 Å². The van der Waals surface area contributed by atoms with Gasteiger partial charge in [0.2, 0.25) is 0 Å². The van der Waals surface area contributed by atoms with E-state index < -0.39 is 29.9 Å². The normalized spacial score (nSPS) is 25.8. The Bertz CT molecular complexity index is 543. The molecule has 0 N–H and O–H groups in total. The average Bonchev–Trinajstić information content (AvgIpc) is 2.92. The Labute approximate surface area is 151 Å². The van der Waals surface area contributed by atoms with E-state index in [9.17, 15) is 23.2 Å². The van der Waals surface area contributed by atoms with Gasteiger partial charge >= 0.3 is 12.1 Å². The number of halogens is 2. The molecule has 9 heteroatoms. The number of alkyl halides is 2. The monoisotopic (exact) mass is 376 g/mol. The fraction of sp³-hybridized carbons (Fsp3) is 0.824. The van der Waals surface area contributed by atoms with Crippen LogP contribution in [-0.2, 0) is 19.1 Å². The molecule has 0 unspecified atom stereocenters. The van der Waals surface area contributed by atoms with Gasteiger partial charge in [-0.2, -0.15) is 0 Å². The van der Waals surface area contributed by atoms with E-state index in [-0.39, 0.29) is 44.9 Å². The van der Waals surface area contributed by atoms with Gasteiger partial charge in [0.1, 0.15) is 12.2 Å². The highest BCUT2D eigenvalue weighted by Gasteiger charge is 2.42. The Kier molecular flexibility index (Phi) is 6.91. The lowest BCUT2D eigenvalue weighted by Gasteiger charge is -2.39. The zero-order chi connectivity index (χ0) is 19.3. The minimum absolute atomic E-state index is 0.205. The molecule has 0 radical (unpaired) electrons. The minimum Gasteiger partial charge on any atom is -0.466 e. The predicted octanol–water partition coefficient (Wildman–Crippen LogP) is 1.70. The lowest BCUT2D eigenvalue weighted by atomic mass is 9.86. The van der Waals surface area contributed by atoms with Gasteiger partial charge in [0.05, 0.1) is 20.3 Å². The molecular weight excluding hydrogens is 350 g/mol. The maximum atomic E-state index is 13.4. The van der Waals surface area contributed by atoms with Crippen molar-refractivity contribution in [1.82, 2.24) is 9.80 Å². The number of ketones is 1. The predicted molar refractivity (Wildman–Crippen MR) is 87.9 cm³/mol. The van der Waals surface area contributed by atoms with Crippen LogP contribution < -0.4 is 0 Å². The summed E-state index contributed by atoms with van der Waals surface area (Å²) in [4.78, 5) is 39.0. The van der Waals surface area contributed by atoms with Crippen LogP contribution in [0.15, 0.2) is 0 Å². The van der Waals surface area contributed by atoms with Crippen molar-refractivity contribution in [2.75, 3.05) is 39.9 Å². The van der Waals surface area contributed by atoms with Crippen LogP contribution in [0.2, 0.25) is 0 Å². The Balaban J connectivity index is 2.00. The fourth-order valence-electron chi connectivity index (χ4n) is 3.63. The fourth-order valence-corrected chi connectivity index (χ4v) is 3.63. The molecule has 0 aromatic carbocycles. The molecule has 0 aromatic heterocycles. The number of piperidine rings is 1. The molecule has 2 saturated heterocycles. The zero-order valence-electron chi connectivity index (χ0n) is 15.2. The summed E-state index contributed by atoms with van der Waals surface area (Å²) in [6.07, 6.45) is -0.290. The number of methoxy groups -OCH3 is 1. The van der Waals surface area contributed by atoms with Crippen LogP contribution in [0.5, 0.6) is 0 Å². The summed E-state index contributed by atoms with van der Waals surface area (Å²) < 4.78 is 36.5. The molecule has 2 fully saturated rings. The molecule has 1 amide bonds. The van der Waals surface area contributed by atoms with Gasteiger partial charge < -0.3 is 14.4 Å². The minimum atomic E-state index is -2.72. The van der Waals surface area contributed by atoms with Crippen LogP contribution in [0.3, 0.4) is 0 Å². The van der Waals surface area contributed by atoms with Gasteiger partial charge in [-0.15, -0.1) is 0 Å². The highest BCUT2D eigenvalue weighted by molar-refractivity contribution is 5.96. The molecule has 0 saturated carbocycles. The maximum Gasteiger partial charge on any atom is 0.409 e. The number of nitrogens with zero attached hydrogens (tertiary/aromatic N) is 2. The SMILES string of the molecule is CCOC(=O)CC(=O)[C@H]1CCN(C(=O)OC)[C@@H](CN2CCC(F)(F)C2)C1. The summed E-state index contributed by atoms with van der Waals surface area (Å²) in [7, 11) is 1.27. The topological polar surface area (TPSA) is 76.2 Å². The van der Waals surface area contributed by atoms with Crippen molar-refractivity contribution in [3.63, 3.8) is 0 Å². The molecule has 2 atom stereocenters. The van der Waals surface area contributed by atoms with E-state index in [2.05, 4.69) is 0 Å². The van der Waals surface area contributed by atoms with Gasteiger partial charge in [-0.05, 0) is 19.8 Å². The number of hydrogen-bond acceptors (Lipinski definition) is 6. The highest BCUT2D eigenvalue weighted by Crippen LogP contribution is 2.30. The molecule has 148 valence electrons. The third-order valence-corrected chi connectivity index (χ3v) is 4.92. The number of likely N-dealkylation sites (tertiary alicyclic amines) is 2. The summed E-state index contributed by atoms with van der Waals surface area (Å²) in [5.41, 5.74) is 0. The number of rotatable bonds is 6. The van der Waals surface area contributed by atoms with Crippen molar-refractivity contribution in [3.05, 3.63) is 0 Å². The van der Waals surface area contributed by atoms with E-state index in [1.165, 1.54) is 12.0 Å². The highest BCUT2D eigenvalue weighted by atomic mass is 19.3. The van der Waals surface area contributed by atoms with Crippen LogP contribution in [-0.4, -0.2) is 79.5 Å². The van der Waals surface area contributed by atoms with Crippen molar-refractivity contribution in [2.45, 2.75) is 44.6 Å². The van der Waals surface area contributed by atoms with Crippen molar-refractivity contribution in [3.8, 4) is 0 Å². The van der Waals surface area contributed by atoms with Gasteiger partial charge in [0.25, 0.3) is 5.92 Å². The van der Waals surface area contributed by atoms with Gasteiger partial charge in [-0.3, -0.25) is 14.5 Å². The van der Waals surface area contributed by atoms with E-state index in [1.54, 1.807) is 11.8 Å². The molecular formula is C17H26F2N2O5. The first-order valence-corrected chi connectivity index (χ1v) is 8.89. The average molecular weight is 376 g/mol. The Morgan fingerprint density at radius 3 is 2.54 bits per heavy atom. The van der Waals surface area contributed by atoms with Crippen LogP contribution in [0.1, 0.15) is 32.6 Å². The van der Waals surface area contributed by atoms with E-state index >= 15 is 0 Å². The Hall–Kier alpha value is -1.77.